The first-order valence-corrected chi connectivity index (χ1v) is 31.0. The third-order valence-electron chi connectivity index (χ3n) is 12.6. The fraction of sp³-hybridized carbons (Fsp3) is 0.614. The van der Waals surface area contributed by atoms with Crippen LogP contribution >= 0.6 is 0 Å². The van der Waals surface area contributed by atoms with Crippen LogP contribution < -0.4 is 5.11 Å². The maximum atomic E-state index is 12.9. The van der Waals surface area contributed by atoms with Crippen molar-refractivity contribution in [2.24, 2.45) is 0 Å². The summed E-state index contributed by atoms with van der Waals surface area (Å²) >= 11 is 0. The normalized spacial score (nSPS) is 13.8. The summed E-state index contributed by atoms with van der Waals surface area (Å²) in [4.78, 5) is 37.3. The van der Waals surface area contributed by atoms with Crippen LogP contribution in [0.15, 0.2) is 146 Å². The lowest BCUT2D eigenvalue weighted by Crippen LogP contribution is -2.44. The van der Waals surface area contributed by atoms with Gasteiger partial charge in [-0.1, -0.05) is 230 Å². The molecule has 0 aliphatic heterocycles. The molecule has 0 aromatic rings. The average Bonchev–Trinajstić information content (AvgIpc) is 3.42. The summed E-state index contributed by atoms with van der Waals surface area (Å²) < 4.78 is 22.7. The zero-order chi connectivity index (χ0) is 57.6. The highest BCUT2D eigenvalue weighted by atomic mass is 16.7. The van der Waals surface area contributed by atoms with Crippen LogP contribution in [-0.4, -0.2) is 82.3 Å². The number of hydrogen-bond acceptors (Lipinski definition) is 8. The van der Waals surface area contributed by atoms with E-state index in [9.17, 15) is 19.5 Å². The van der Waals surface area contributed by atoms with E-state index in [0.717, 1.165) is 128 Å². The van der Waals surface area contributed by atoms with Crippen LogP contribution in [0, 0.1) is 0 Å². The van der Waals surface area contributed by atoms with Gasteiger partial charge in [0, 0.05) is 12.8 Å². The van der Waals surface area contributed by atoms with Crippen LogP contribution in [-0.2, 0) is 33.3 Å². The minimum atomic E-state index is -1.64. The van der Waals surface area contributed by atoms with Gasteiger partial charge in [-0.25, -0.2) is 0 Å². The lowest BCUT2D eigenvalue weighted by Gasteiger charge is -2.26. The molecule has 0 N–H and O–H groups in total. The number of carbonyl (C=O) groups is 3. The summed E-state index contributed by atoms with van der Waals surface area (Å²) in [5.41, 5.74) is 0. The number of unbranched alkanes of at least 4 members (excludes halogenated alkanes) is 16. The summed E-state index contributed by atoms with van der Waals surface area (Å²) in [6.07, 6.45) is 83.3. The zero-order valence-electron chi connectivity index (χ0n) is 50.7. The highest BCUT2D eigenvalue weighted by Gasteiger charge is 2.22. The van der Waals surface area contributed by atoms with Crippen LogP contribution in [0.2, 0.25) is 0 Å². The molecule has 0 heterocycles. The van der Waals surface area contributed by atoms with Crippen LogP contribution in [0.25, 0.3) is 0 Å². The van der Waals surface area contributed by atoms with Crippen LogP contribution in [0.3, 0.4) is 0 Å². The molecule has 0 saturated heterocycles. The molecule has 0 spiro atoms. The number of rotatable bonds is 55. The van der Waals surface area contributed by atoms with Crippen LogP contribution in [0.4, 0.5) is 0 Å². The number of nitrogens with zero attached hydrogens (tertiary/aromatic N) is 1. The molecule has 2 unspecified atom stereocenters. The molecule has 2 atom stereocenters. The summed E-state index contributed by atoms with van der Waals surface area (Å²) in [6.45, 7) is 4.55. The molecular weight excluding hydrogens is 983 g/mol. The number of esters is 2. The number of likely N-dealkylation sites (N-methyl/N-ethyl adjacent to an activating group) is 1. The van der Waals surface area contributed by atoms with E-state index in [2.05, 4.69) is 160 Å². The molecule has 0 radical (unpaired) electrons. The number of ether oxygens (including phenoxy) is 4. The lowest BCUT2D eigenvalue weighted by atomic mass is 10.1. The predicted molar refractivity (Wildman–Crippen MR) is 333 cm³/mol. The van der Waals surface area contributed by atoms with Gasteiger partial charge in [-0.3, -0.25) is 9.59 Å². The second-order valence-corrected chi connectivity index (χ2v) is 21.3. The third kappa shape index (κ3) is 60.7. The SMILES string of the molecule is CC/C=C\C/C=C\C/C=C\C/C=C\C/C=C\C/C=C\C/C=C\C/C=C\C/C=C\C/C=C\CCCCCCC(=O)OC(COC(=O)CCCCCCCCCCC/C=C\C/C=C\CCCCC)COC(OCC[N+](C)(C)C)C(=O)[O-]. The van der Waals surface area contributed by atoms with Gasteiger partial charge in [-0.2, -0.15) is 0 Å². The fourth-order valence-electron chi connectivity index (χ4n) is 7.83. The molecule has 0 aliphatic rings. The smallest absolute Gasteiger partial charge is 0.306 e. The minimum absolute atomic E-state index is 0.134. The van der Waals surface area contributed by atoms with Gasteiger partial charge in [0.25, 0.3) is 0 Å². The van der Waals surface area contributed by atoms with Crippen molar-refractivity contribution in [3.63, 3.8) is 0 Å². The molecule has 9 heteroatoms. The van der Waals surface area contributed by atoms with Crippen molar-refractivity contribution in [3.05, 3.63) is 146 Å². The number of hydrogen-bond donors (Lipinski definition) is 0. The Kier molecular flexibility index (Phi) is 55.7. The monoisotopic (exact) mass is 1100 g/mol. The Balaban J connectivity index is 4.31. The van der Waals surface area contributed by atoms with E-state index in [-0.39, 0.29) is 38.6 Å². The first-order valence-electron chi connectivity index (χ1n) is 31.0. The summed E-state index contributed by atoms with van der Waals surface area (Å²) in [7, 11) is 5.90. The topological polar surface area (TPSA) is 111 Å². The predicted octanol–water partition coefficient (Wildman–Crippen LogP) is 17.5. The van der Waals surface area contributed by atoms with Gasteiger partial charge in [-0.15, -0.1) is 0 Å². The molecular formula is C70H113NO8. The van der Waals surface area contributed by atoms with E-state index >= 15 is 0 Å². The molecule has 446 valence electrons. The average molecular weight is 1100 g/mol. The molecule has 9 nitrogen and oxygen atoms in total. The quantitative estimate of drug-likeness (QED) is 0.0195. The Bertz CT molecular complexity index is 1800. The number of quaternary nitrogens is 1. The van der Waals surface area contributed by atoms with Crippen molar-refractivity contribution < 1.29 is 42.9 Å². The van der Waals surface area contributed by atoms with E-state index in [1.54, 1.807) is 0 Å². The molecule has 79 heavy (non-hydrogen) atoms. The zero-order valence-corrected chi connectivity index (χ0v) is 50.7. The number of carbonyl (C=O) groups excluding carboxylic acids is 3. The first-order chi connectivity index (χ1) is 38.6. The molecule has 0 aromatic heterocycles. The minimum Gasteiger partial charge on any atom is -0.545 e. The van der Waals surface area contributed by atoms with Gasteiger partial charge in [0.05, 0.1) is 40.3 Å². The Labute approximate surface area is 483 Å². The van der Waals surface area contributed by atoms with E-state index in [0.29, 0.717) is 17.4 Å². The Morgan fingerprint density at radius 3 is 1.08 bits per heavy atom. The van der Waals surface area contributed by atoms with Gasteiger partial charge in [0.2, 0.25) is 0 Å². The second kappa shape index (κ2) is 59.3. The second-order valence-electron chi connectivity index (χ2n) is 21.3. The fourth-order valence-corrected chi connectivity index (χ4v) is 7.83. The molecule has 0 bridgehead atoms. The first kappa shape index (κ1) is 74.2. The van der Waals surface area contributed by atoms with Gasteiger partial charge in [0.15, 0.2) is 12.4 Å². The van der Waals surface area contributed by atoms with E-state index < -0.39 is 24.3 Å². The van der Waals surface area contributed by atoms with Gasteiger partial charge >= 0.3 is 11.9 Å². The van der Waals surface area contributed by atoms with Crippen LogP contribution in [0.5, 0.6) is 0 Å². The molecule has 0 saturated carbocycles. The van der Waals surface area contributed by atoms with E-state index in [4.69, 9.17) is 18.9 Å². The van der Waals surface area contributed by atoms with Crippen LogP contribution in [0.1, 0.15) is 219 Å². The summed E-state index contributed by atoms with van der Waals surface area (Å²) in [5, 5.41) is 11.8. The number of carboxylic acid groups (broad SMARTS) is 1. The van der Waals surface area contributed by atoms with Gasteiger partial charge in [-0.05, 0) is 122 Å². The Hall–Kier alpha value is -4.83. The molecule has 0 aliphatic carbocycles. The van der Waals surface area contributed by atoms with Crippen molar-refractivity contribution in [1.29, 1.82) is 0 Å². The molecule has 0 amide bonds. The number of allylic oxidation sites excluding steroid dienone is 24. The van der Waals surface area contributed by atoms with E-state index in [1.807, 2.05) is 21.1 Å². The van der Waals surface area contributed by atoms with Gasteiger partial charge < -0.3 is 33.3 Å². The highest BCUT2D eigenvalue weighted by Crippen LogP contribution is 2.14. The van der Waals surface area contributed by atoms with E-state index in [1.165, 1.54) is 57.8 Å². The standard InChI is InChI=1S/C70H113NO8/c1-6-8-10-12-14-16-18-20-22-24-26-27-28-29-30-31-32-33-34-35-36-37-38-39-40-41-43-45-47-49-51-53-55-57-59-61-68(73)79-66(65-78-70(69(74)75)76-63-62-71(3,4)5)64-77-67(72)60-58-56-54-52-50-48-46-44-42-25-23-21-19-17-15-13-11-9-7-2/h8,10,14-17,20-23,26-27,29-30,32-33,35-36,38-39,41,43,47,49,66,70H,6-7,9,11-13,18-19,24-25,28,31,34,37,40,42,44-46,48,50-65H2,1-5H3/b10-8-,16-14-,17-15-,22-20-,23-21-,27-26-,30-29-,33-32-,36-35-,39-38-,43-41-,49-47-. The molecule has 0 aromatic carbocycles. The van der Waals surface area contributed by atoms with Crippen molar-refractivity contribution in [3.8, 4) is 0 Å². The van der Waals surface area contributed by atoms with Crippen molar-refractivity contribution in [2.45, 2.75) is 232 Å². The number of aliphatic carboxylic acids is 1. The molecule has 0 rings (SSSR count). The summed E-state index contributed by atoms with van der Waals surface area (Å²) in [6, 6.07) is 0. The summed E-state index contributed by atoms with van der Waals surface area (Å²) in [5.74, 6) is -2.34. The van der Waals surface area contributed by atoms with Gasteiger partial charge in [0.1, 0.15) is 13.2 Å². The van der Waals surface area contributed by atoms with Crippen molar-refractivity contribution in [2.75, 3.05) is 47.5 Å². The largest absolute Gasteiger partial charge is 0.545 e. The lowest BCUT2D eigenvalue weighted by molar-refractivity contribution is -0.870. The van der Waals surface area contributed by atoms with Crippen molar-refractivity contribution >= 4 is 17.9 Å². The number of carboxylic acids is 1. The maximum absolute atomic E-state index is 12.9. The third-order valence-corrected chi connectivity index (χ3v) is 12.6. The Morgan fingerprint density at radius 2 is 0.722 bits per heavy atom. The Morgan fingerprint density at radius 1 is 0.392 bits per heavy atom. The van der Waals surface area contributed by atoms with Crippen molar-refractivity contribution in [1.82, 2.24) is 0 Å². The molecule has 0 fully saturated rings. The maximum Gasteiger partial charge on any atom is 0.306 e. The highest BCUT2D eigenvalue weighted by molar-refractivity contribution is 5.70.